The molecule has 0 saturated heterocycles. The largest absolute Gasteiger partial charge is 0.483 e. The number of hydrogen-bond acceptors (Lipinski definition) is 4. The molecule has 1 aromatic rings. The van der Waals surface area contributed by atoms with Crippen molar-refractivity contribution in [2.24, 2.45) is 0 Å². The number of benzene rings is 1. The van der Waals surface area contributed by atoms with E-state index in [0.29, 0.717) is 24.3 Å². The lowest BCUT2D eigenvalue weighted by molar-refractivity contribution is -0.124. The Morgan fingerprint density at radius 3 is 2.65 bits per heavy atom. The van der Waals surface area contributed by atoms with Gasteiger partial charge in [-0.25, -0.2) is 0 Å². The monoisotopic (exact) mass is 279 g/mol. The molecule has 1 rings (SSSR count). The Morgan fingerprint density at radius 1 is 1.30 bits per heavy atom. The van der Waals surface area contributed by atoms with E-state index >= 15 is 0 Å². The summed E-state index contributed by atoms with van der Waals surface area (Å²) in [6, 6.07) is 6.86. The maximum Gasteiger partial charge on any atom is 0.258 e. The SMILES string of the molecule is CCC(=O)c1ccccc1OCC(=O)NC(C)COC. The number of Topliss-reactive ketones (excluding diaryl/α,β-unsaturated/α-hetero) is 1. The third kappa shape index (κ3) is 5.01. The summed E-state index contributed by atoms with van der Waals surface area (Å²) in [7, 11) is 1.58. The molecule has 1 aromatic carbocycles. The van der Waals surface area contributed by atoms with Crippen molar-refractivity contribution < 1.29 is 19.1 Å². The Morgan fingerprint density at radius 2 is 2.00 bits per heavy atom. The third-order valence-electron chi connectivity index (χ3n) is 2.69. The maximum absolute atomic E-state index is 11.7. The van der Waals surface area contributed by atoms with Crippen LogP contribution >= 0.6 is 0 Å². The number of rotatable bonds is 8. The highest BCUT2D eigenvalue weighted by molar-refractivity contribution is 5.98. The number of ether oxygens (including phenoxy) is 2. The molecule has 0 aliphatic carbocycles. The van der Waals surface area contributed by atoms with Crippen molar-refractivity contribution in [2.75, 3.05) is 20.3 Å². The molecule has 110 valence electrons. The molecule has 0 saturated carbocycles. The van der Waals surface area contributed by atoms with E-state index in [1.165, 1.54) is 0 Å². The molecule has 0 aromatic heterocycles. The summed E-state index contributed by atoms with van der Waals surface area (Å²) in [5, 5.41) is 2.74. The van der Waals surface area contributed by atoms with E-state index in [9.17, 15) is 9.59 Å². The van der Waals surface area contributed by atoms with E-state index < -0.39 is 0 Å². The number of methoxy groups -OCH3 is 1. The van der Waals surface area contributed by atoms with Gasteiger partial charge >= 0.3 is 0 Å². The van der Waals surface area contributed by atoms with Crippen molar-refractivity contribution in [3.05, 3.63) is 29.8 Å². The van der Waals surface area contributed by atoms with Crippen LogP contribution in [-0.2, 0) is 9.53 Å². The van der Waals surface area contributed by atoms with Crippen LogP contribution < -0.4 is 10.1 Å². The molecule has 1 amide bonds. The summed E-state index contributed by atoms with van der Waals surface area (Å²) in [5.74, 6) is 0.191. The number of hydrogen-bond donors (Lipinski definition) is 1. The van der Waals surface area contributed by atoms with Crippen LogP contribution in [-0.4, -0.2) is 38.1 Å². The van der Waals surface area contributed by atoms with Gasteiger partial charge in [-0.2, -0.15) is 0 Å². The van der Waals surface area contributed by atoms with Gasteiger partial charge in [-0.15, -0.1) is 0 Å². The highest BCUT2D eigenvalue weighted by Crippen LogP contribution is 2.19. The molecule has 20 heavy (non-hydrogen) atoms. The van der Waals surface area contributed by atoms with Gasteiger partial charge < -0.3 is 14.8 Å². The molecule has 1 N–H and O–H groups in total. The highest BCUT2D eigenvalue weighted by atomic mass is 16.5. The first-order valence-corrected chi connectivity index (χ1v) is 6.61. The van der Waals surface area contributed by atoms with Gasteiger partial charge in [-0.3, -0.25) is 9.59 Å². The third-order valence-corrected chi connectivity index (χ3v) is 2.69. The van der Waals surface area contributed by atoms with E-state index in [1.54, 1.807) is 38.3 Å². The second kappa shape index (κ2) is 8.32. The van der Waals surface area contributed by atoms with Crippen LogP contribution in [0, 0.1) is 0 Å². The fourth-order valence-corrected chi connectivity index (χ4v) is 1.76. The minimum absolute atomic E-state index is 0.00578. The van der Waals surface area contributed by atoms with Crippen LogP contribution in [0.4, 0.5) is 0 Å². The minimum Gasteiger partial charge on any atom is -0.483 e. The quantitative estimate of drug-likeness (QED) is 0.737. The number of para-hydroxylation sites is 1. The number of carbonyl (C=O) groups is 2. The molecule has 1 atom stereocenters. The number of carbonyl (C=O) groups excluding carboxylic acids is 2. The molecule has 0 aliphatic rings. The topological polar surface area (TPSA) is 64.6 Å². The Balaban J connectivity index is 2.57. The average molecular weight is 279 g/mol. The number of ketones is 1. The lowest BCUT2D eigenvalue weighted by atomic mass is 10.1. The van der Waals surface area contributed by atoms with E-state index in [0.717, 1.165) is 0 Å². The number of amides is 1. The maximum atomic E-state index is 11.7. The van der Waals surface area contributed by atoms with Gasteiger partial charge in [0.05, 0.1) is 12.2 Å². The standard InChI is InChI=1S/C15H21NO4/c1-4-13(17)12-7-5-6-8-14(12)20-10-15(18)16-11(2)9-19-3/h5-8,11H,4,9-10H2,1-3H3,(H,16,18). The molecule has 0 fully saturated rings. The summed E-state index contributed by atoms with van der Waals surface area (Å²) in [6.45, 7) is 3.95. The molecule has 1 unspecified atom stereocenters. The molecular weight excluding hydrogens is 258 g/mol. The van der Waals surface area contributed by atoms with Gasteiger partial charge in [0.25, 0.3) is 5.91 Å². The van der Waals surface area contributed by atoms with Crippen LogP contribution in [0.3, 0.4) is 0 Å². The van der Waals surface area contributed by atoms with Gasteiger partial charge in [0.15, 0.2) is 12.4 Å². The predicted molar refractivity (Wildman–Crippen MR) is 76.0 cm³/mol. The minimum atomic E-state index is -0.242. The molecule has 0 spiro atoms. The van der Waals surface area contributed by atoms with Gasteiger partial charge in [0, 0.05) is 19.6 Å². The van der Waals surface area contributed by atoms with Gasteiger partial charge in [-0.05, 0) is 19.1 Å². The van der Waals surface area contributed by atoms with Crippen LogP contribution in [0.25, 0.3) is 0 Å². The Labute approximate surface area is 119 Å². The van der Waals surface area contributed by atoms with E-state index in [1.807, 2.05) is 6.92 Å². The van der Waals surface area contributed by atoms with Crippen molar-refractivity contribution in [1.82, 2.24) is 5.32 Å². The van der Waals surface area contributed by atoms with Gasteiger partial charge in [0.1, 0.15) is 5.75 Å². The smallest absolute Gasteiger partial charge is 0.258 e. The van der Waals surface area contributed by atoms with Crippen LogP contribution in [0.2, 0.25) is 0 Å². The summed E-state index contributed by atoms with van der Waals surface area (Å²) in [6.07, 6.45) is 0.400. The first kappa shape index (κ1) is 16.2. The number of nitrogens with one attached hydrogen (secondary N) is 1. The Bertz CT molecular complexity index is 459. The van der Waals surface area contributed by atoms with Crippen LogP contribution in [0.15, 0.2) is 24.3 Å². The zero-order chi connectivity index (χ0) is 15.0. The molecule has 0 radical (unpaired) electrons. The van der Waals surface area contributed by atoms with E-state index in [-0.39, 0.29) is 24.3 Å². The second-order valence-electron chi connectivity index (χ2n) is 4.49. The first-order valence-electron chi connectivity index (χ1n) is 6.61. The van der Waals surface area contributed by atoms with Crippen molar-refractivity contribution in [2.45, 2.75) is 26.3 Å². The fraction of sp³-hybridized carbons (Fsp3) is 0.467. The molecule has 5 nitrogen and oxygen atoms in total. The summed E-state index contributed by atoms with van der Waals surface area (Å²) in [5.41, 5.74) is 0.507. The molecule has 0 heterocycles. The molecule has 0 aliphatic heterocycles. The summed E-state index contributed by atoms with van der Waals surface area (Å²) < 4.78 is 10.4. The molecule has 5 heteroatoms. The van der Waals surface area contributed by atoms with Gasteiger partial charge in [-0.1, -0.05) is 19.1 Å². The first-order chi connectivity index (χ1) is 9.58. The fourth-order valence-electron chi connectivity index (χ4n) is 1.76. The lowest BCUT2D eigenvalue weighted by Crippen LogP contribution is -2.38. The predicted octanol–water partition coefficient (Wildman–Crippen LogP) is 1.81. The molecule has 0 bridgehead atoms. The summed E-state index contributed by atoms with van der Waals surface area (Å²) in [4.78, 5) is 23.4. The van der Waals surface area contributed by atoms with Crippen molar-refractivity contribution in [1.29, 1.82) is 0 Å². The average Bonchev–Trinajstić information content (AvgIpc) is 2.44. The normalized spacial score (nSPS) is 11.8. The van der Waals surface area contributed by atoms with Crippen molar-refractivity contribution >= 4 is 11.7 Å². The Hall–Kier alpha value is -1.88. The lowest BCUT2D eigenvalue weighted by Gasteiger charge is -2.14. The molecular formula is C15H21NO4. The van der Waals surface area contributed by atoms with E-state index in [2.05, 4.69) is 5.32 Å². The zero-order valence-corrected chi connectivity index (χ0v) is 12.1. The Kier molecular flexibility index (Phi) is 6.73. The summed E-state index contributed by atoms with van der Waals surface area (Å²) >= 11 is 0. The zero-order valence-electron chi connectivity index (χ0n) is 12.1. The van der Waals surface area contributed by atoms with Gasteiger partial charge in [0.2, 0.25) is 0 Å². The van der Waals surface area contributed by atoms with Crippen molar-refractivity contribution in [3.63, 3.8) is 0 Å². The van der Waals surface area contributed by atoms with E-state index in [4.69, 9.17) is 9.47 Å². The highest BCUT2D eigenvalue weighted by Gasteiger charge is 2.12. The van der Waals surface area contributed by atoms with Crippen molar-refractivity contribution in [3.8, 4) is 5.75 Å². The second-order valence-corrected chi connectivity index (χ2v) is 4.49. The van der Waals surface area contributed by atoms with Crippen LogP contribution in [0.1, 0.15) is 30.6 Å². The van der Waals surface area contributed by atoms with Crippen LogP contribution in [0.5, 0.6) is 5.75 Å².